The van der Waals surface area contributed by atoms with E-state index in [1.165, 1.54) is 18.2 Å². The van der Waals surface area contributed by atoms with Crippen molar-refractivity contribution in [3.05, 3.63) is 34.6 Å². The maximum atomic E-state index is 13.0. The zero-order valence-electron chi connectivity index (χ0n) is 9.46. The van der Waals surface area contributed by atoms with Crippen LogP contribution in [0.3, 0.4) is 0 Å². The van der Waals surface area contributed by atoms with Gasteiger partial charge in [-0.05, 0) is 37.6 Å². The molecule has 0 spiro atoms. The zero-order valence-corrected chi connectivity index (χ0v) is 10.2. The molecule has 0 fully saturated rings. The molecule has 1 aromatic carbocycles. The molecule has 0 bridgehead atoms. The van der Waals surface area contributed by atoms with E-state index in [1.54, 1.807) is 6.92 Å². The quantitative estimate of drug-likeness (QED) is 0.866. The first kappa shape index (κ1) is 13.4. The lowest BCUT2D eigenvalue weighted by atomic mass is 9.97. The Hall–Kier alpha value is -0.640. The van der Waals surface area contributed by atoms with Crippen molar-refractivity contribution in [3.8, 4) is 0 Å². The Morgan fingerprint density at radius 1 is 1.50 bits per heavy atom. The molecule has 0 aliphatic heterocycles. The molecule has 4 heteroatoms. The minimum atomic E-state index is -1.03. The maximum absolute atomic E-state index is 13.0. The monoisotopic (exact) mass is 246 g/mol. The molecular weight excluding hydrogens is 231 g/mol. The third-order valence-corrected chi connectivity index (χ3v) is 2.56. The van der Waals surface area contributed by atoms with Gasteiger partial charge in [0.05, 0.1) is 12.2 Å². The molecule has 1 N–H and O–H groups in total. The van der Waals surface area contributed by atoms with Gasteiger partial charge in [-0.15, -0.1) is 0 Å². The first-order valence-electron chi connectivity index (χ1n) is 5.18. The van der Waals surface area contributed by atoms with Crippen molar-refractivity contribution in [2.45, 2.75) is 25.9 Å². The number of halogens is 2. The van der Waals surface area contributed by atoms with Gasteiger partial charge in [-0.1, -0.05) is 11.6 Å². The lowest BCUT2D eigenvalue weighted by Crippen LogP contribution is -2.33. The Balaban J connectivity index is 2.74. The van der Waals surface area contributed by atoms with Crippen LogP contribution in [-0.2, 0) is 11.2 Å². The fraction of sp³-hybridized carbons (Fsp3) is 0.500. The number of rotatable bonds is 5. The fourth-order valence-electron chi connectivity index (χ4n) is 1.46. The highest BCUT2D eigenvalue weighted by Crippen LogP contribution is 2.22. The van der Waals surface area contributed by atoms with Crippen molar-refractivity contribution >= 4 is 11.6 Å². The summed E-state index contributed by atoms with van der Waals surface area (Å²) in [6.07, 6.45) is 0.267. The van der Waals surface area contributed by atoms with Gasteiger partial charge in [-0.3, -0.25) is 0 Å². The second kappa shape index (κ2) is 5.62. The Labute approximate surface area is 100.0 Å². The van der Waals surface area contributed by atoms with E-state index in [4.69, 9.17) is 16.3 Å². The third kappa shape index (κ3) is 4.08. The first-order chi connectivity index (χ1) is 7.44. The molecule has 0 aliphatic rings. The molecule has 16 heavy (non-hydrogen) atoms. The minimum Gasteiger partial charge on any atom is -0.387 e. The summed E-state index contributed by atoms with van der Waals surface area (Å²) in [5, 5.41) is 10.5. The highest BCUT2D eigenvalue weighted by molar-refractivity contribution is 6.31. The molecular formula is C12H16ClFO2. The molecule has 1 aromatic rings. The van der Waals surface area contributed by atoms with E-state index in [9.17, 15) is 9.50 Å². The van der Waals surface area contributed by atoms with Crippen LogP contribution in [0.2, 0.25) is 5.02 Å². The zero-order chi connectivity index (χ0) is 12.2. The molecule has 0 saturated heterocycles. The van der Waals surface area contributed by atoms with Crippen LogP contribution >= 0.6 is 11.6 Å². The Kier molecular flexibility index (Phi) is 4.71. The summed E-state index contributed by atoms with van der Waals surface area (Å²) in [5.41, 5.74) is -0.445. The lowest BCUT2D eigenvalue weighted by Gasteiger charge is -2.23. The van der Waals surface area contributed by atoms with Gasteiger partial charge in [0.15, 0.2) is 0 Å². The standard InChI is InChI=1S/C12H16ClFO2/c1-3-16-8-12(2,15)7-9-6-10(14)4-5-11(9)13/h4-6,15H,3,7-8H2,1-2H3. The van der Waals surface area contributed by atoms with E-state index in [1.807, 2.05) is 6.92 Å². The van der Waals surface area contributed by atoms with Crippen molar-refractivity contribution in [2.24, 2.45) is 0 Å². The van der Waals surface area contributed by atoms with Gasteiger partial charge in [0.1, 0.15) is 5.82 Å². The predicted octanol–water partition coefficient (Wildman–Crippen LogP) is 2.81. The summed E-state index contributed by atoms with van der Waals surface area (Å²) in [6.45, 7) is 4.23. The summed E-state index contributed by atoms with van der Waals surface area (Å²) in [5.74, 6) is -0.355. The van der Waals surface area contributed by atoms with Crippen LogP contribution in [0.5, 0.6) is 0 Å². The van der Waals surface area contributed by atoms with Crippen LogP contribution in [-0.4, -0.2) is 23.9 Å². The second-order valence-corrected chi connectivity index (χ2v) is 4.45. The lowest BCUT2D eigenvalue weighted by molar-refractivity contribution is -0.0296. The van der Waals surface area contributed by atoms with E-state index in [0.717, 1.165) is 0 Å². The molecule has 0 amide bonds. The van der Waals surface area contributed by atoms with E-state index in [2.05, 4.69) is 0 Å². The molecule has 0 aromatic heterocycles. The Morgan fingerprint density at radius 2 is 2.19 bits per heavy atom. The number of benzene rings is 1. The Morgan fingerprint density at radius 3 is 2.81 bits per heavy atom. The van der Waals surface area contributed by atoms with Crippen LogP contribution in [0, 0.1) is 5.82 Å². The SMILES string of the molecule is CCOCC(C)(O)Cc1cc(F)ccc1Cl. The highest BCUT2D eigenvalue weighted by Gasteiger charge is 2.22. The number of hydrogen-bond donors (Lipinski definition) is 1. The van der Waals surface area contributed by atoms with Crippen LogP contribution in [0.4, 0.5) is 4.39 Å². The normalized spacial score (nSPS) is 14.8. The van der Waals surface area contributed by atoms with Gasteiger partial charge in [0.2, 0.25) is 0 Å². The molecule has 90 valence electrons. The maximum Gasteiger partial charge on any atom is 0.123 e. The molecule has 2 nitrogen and oxygen atoms in total. The van der Waals surface area contributed by atoms with Crippen molar-refractivity contribution in [3.63, 3.8) is 0 Å². The van der Waals surface area contributed by atoms with Gasteiger partial charge in [-0.2, -0.15) is 0 Å². The highest BCUT2D eigenvalue weighted by atomic mass is 35.5. The van der Waals surface area contributed by atoms with Crippen molar-refractivity contribution in [2.75, 3.05) is 13.2 Å². The molecule has 0 aliphatic carbocycles. The molecule has 1 unspecified atom stereocenters. The second-order valence-electron chi connectivity index (χ2n) is 4.05. The molecule has 1 rings (SSSR count). The number of ether oxygens (including phenoxy) is 1. The van der Waals surface area contributed by atoms with Gasteiger partial charge in [0, 0.05) is 18.1 Å². The van der Waals surface area contributed by atoms with Crippen molar-refractivity contribution in [1.29, 1.82) is 0 Å². The summed E-state index contributed by atoms with van der Waals surface area (Å²) in [7, 11) is 0. The number of hydrogen-bond acceptors (Lipinski definition) is 2. The molecule has 0 saturated carbocycles. The van der Waals surface area contributed by atoms with Gasteiger partial charge in [-0.25, -0.2) is 4.39 Å². The smallest absolute Gasteiger partial charge is 0.123 e. The van der Waals surface area contributed by atoms with E-state index in [-0.39, 0.29) is 18.8 Å². The van der Waals surface area contributed by atoms with Crippen LogP contribution in [0.1, 0.15) is 19.4 Å². The van der Waals surface area contributed by atoms with Crippen LogP contribution in [0.25, 0.3) is 0 Å². The molecule has 1 atom stereocenters. The van der Waals surface area contributed by atoms with Crippen LogP contribution < -0.4 is 0 Å². The molecule has 0 radical (unpaired) electrons. The average Bonchev–Trinajstić information content (AvgIpc) is 2.20. The summed E-state index contributed by atoms with van der Waals surface area (Å²) >= 11 is 5.92. The average molecular weight is 247 g/mol. The third-order valence-electron chi connectivity index (χ3n) is 2.20. The summed E-state index contributed by atoms with van der Waals surface area (Å²) < 4.78 is 18.2. The summed E-state index contributed by atoms with van der Waals surface area (Å²) in [4.78, 5) is 0. The Bertz CT molecular complexity index is 353. The largest absolute Gasteiger partial charge is 0.387 e. The van der Waals surface area contributed by atoms with Gasteiger partial charge < -0.3 is 9.84 Å². The topological polar surface area (TPSA) is 29.5 Å². The van der Waals surface area contributed by atoms with Gasteiger partial charge >= 0.3 is 0 Å². The van der Waals surface area contributed by atoms with E-state index >= 15 is 0 Å². The predicted molar refractivity (Wildman–Crippen MR) is 62.2 cm³/mol. The fourth-order valence-corrected chi connectivity index (χ4v) is 1.65. The van der Waals surface area contributed by atoms with Gasteiger partial charge in [0.25, 0.3) is 0 Å². The van der Waals surface area contributed by atoms with Crippen molar-refractivity contribution in [1.82, 2.24) is 0 Å². The van der Waals surface area contributed by atoms with E-state index in [0.29, 0.717) is 17.2 Å². The molecule has 0 heterocycles. The van der Waals surface area contributed by atoms with E-state index < -0.39 is 5.60 Å². The minimum absolute atomic E-state index is 0.205. The first-order valence-corrected chi connectivity index (χ1v) is 5.56. The summed E-state index contributed by atoms with van der Waals surface area (Å²) in [6, 6.07) is 4.12. The number of aliphatic hydroxyl groups is 1. The van der Waals surface area contributed by atoms with Crippen LogP contribution in [0.15, 0.2) is 18.2 Å². The van der Waals surface area contributed by atoms with Crippen molar-refractivity contribution < 1.29 is 14.2 Å².